The summed E-state index contributed by atoms with van der Waals surface area (Å²) in [6.45, 7) is 5.41. The third-order valence-corrected chi connectivity index (χ3v) is 2.73. The standard InChI is InChI=1S/C15H20N4O3/c1-15(2,3)22-14(20)18-9-5-6-10(12(7-9)21-4)11-8-17-13(16)19-11/h5-8H,1-4H3,(H,18,20)(H3,16,17,19). The number of methoxy groups -OCH3 is 1. The fourth-order valence-corrected chi connectivity index (χ4v) is 1.89. The van der Waals surface area contributed by atoms with E-state index in [0.29, 0.717) is 17.4 Å². The number of ether oxygens (including phenoxy) is 2. The van der Waals surface area contributed by atoms with Crippen LogP contribution in [-0.4, -0.2) is 28.8 Å². The third kappa shape index (κ3) is 3.91. The molecular formula is C15H20N4O3. The predicted octanol–water partition coefficient (Wildman–Crippen LogP) is 3.01. The van der Waals surface area contributed by atoms with Crippen LogP contribution in [0, 0.1) is 0 Å². The Bertz CT molecular complexity index is 674. The number of hydrogen-bond acceptors (Lipinski definition) is 5. The summed E-state index contributed by atoms with van der Waals surface area (Å²) in [5.41, 5.74) is 7.13. The summed E-state index contributed by atoms with van der Waals surface area (Å²) >= 11 is 0. The van der Waals surface area contributed by atoms with Crippen LogP contribution in [0.25, 0.3) is 11.3 Å². The maximum Gasteiger partial charge on any atom is 0.412 e. The van der Waals surface area contributed by atoms with Crippen molar-refractivity contribution in [2.75, 3.05) is 18.2 Å². The van der Waals surface area contributed by atoms with Crippen molar-refractivity contribution < 1.29 is 14.3 Å². The van der Waals surface area contributed by atoms with Gasteiger partial charge in [0.25, 0.3) is 0 Å². The number of anilines is 2. The molecule has 0 saturated carbocycles. The molecule has 0 atom stereocenters. The minimum absolute atomic E-state index is 0.327. The maximum atomic E-state index is 11.8. The van der Waals surface area contributed by atoms with Gasteiger partial charge >= 0.3 is 6.09 Å². The monoisotopic (exact) mass is 304 g/mol. The number of nitrogens with one attached hydrogen (secondary N) is 2. The molecule has 0 bridgehead atoms. The van der Waals surface area contributed by atoms with E-state index in [1.165, 1.54) is 0 Å². The summed E-state index contributed by atoms with van der Waals surface area (Å²) < 4.78 is 10.6. The first-order chi connectivity index (χ1) is 10.3. The van der Waals surface area contributed by atoms with E-state index in [1.54, 1.807) is 52.3 Å². The highest BCUT2D eigenvalue weighted by atomic mass is 16.6. The Morgan fingerprint density at radius 3 is 2.64 bits per heavy atom. The lowest BCUT2D eigenvalue weighted by Crippen LogP contribution is -2.27. The van der Waals surface area contributed by atoms with Gasteiger partial charge in [0.1, 0.15) is 11.4 Å². The second-order valence-electron chi connectivity index (χ2n) is 5.72. The van der Waals surface area contributed by atoms with Crippen molar-refractivity contribution in [3.63, 3.8) is 0 Å². The van der Waals surface area contributed by atoms with Gasteiger partial charge in [-0.1, -0.05) is 0 Å². The molecule has 1 amide bonds. The molecule has 7 nitrogen and oxygen atoms in total. The topological polar surface area (TPSA) is 102 Å². The van der Waals surface area contributed by atoms with Gasteiger partial charge in [0, 0.05) is 17.3 Å². The van der Waals surface area contributed by atoms with Gasteiger partial charge in [0.05, 0.1) is 19.0 Å². The maximum absolute atomic E-state index is 11.8. The van der Waals surface area contributed by atoms with Crippen LogP contribution in [0.4, 0.5) is 16.4 Å². The molecule has 22 heavy (non-hydrogen) atoms. The van der Waals surface area contributed by atoms with E-state index in [4.69, 9.17) is 15.2 Å². The normalized spacial score (nSPS) is 11.1. The molecule has 118 valence electrons. The van der Waals surface area contributed by atoms with Gasteiger partial charge in [-0.05, 0) is 32.9 Å². The lowest BCUT2D eigenvalue weighted by molar-refractivity contribution is 0.0636. The Labute approximate surface area is 128 Å². The van der Waals surface area contributed by atoms with Crippen LogP contribution in [0.15, 0.2) is 24.4 Å². The molecule has 0 fully saturated rings. The van der Waals surface area contributed by atoms with Crippen LogP contribution < -0.4 is 15.8 Å². The predicted molar refractivity (Wildman–Crippen MR) is 84.8 cm³/mol. The zero-order valence-electron chi connectivity index (χ0n) is 13.1. The molecular weight excluding hydrogens is 284 g/mol. The highest BCUT2D eigenvalue weighted by Crippen LogP contribution is 2.31. The minimum Gasteiger partial charge on any atom is -0.496 e. The van der Waals surface area contributed by atoms with Gasteiger partial charge < -0.3 is 20.2 Å². The van der Waals surface area contributed by atoms with Crippen molar-refractivity contribution in [1.82, 2.24) is 9.97 Å². The molecule has 1 aromatic heterocycles. The summed E-state index contributed by atoms with van der Waals surface area (Å²) in [6.07, 6.45) is 1.10. The van der Waals surface area contributed by atoms with Gasteiger partial charge in [0.15, 0.2) is 5.95 Å². The number of hydrogen-bond donors (Lipinski definition) is 3. The van der Waals surface area contributed by atoms with Gasteiger partial charge in [-0.15, -0.1) is 0 Å². The Morgan fingerprint density at radius 2 is 2.09 bits per heavy atom. The van der Waals surface area contributed by atoms with Gasteiger partial charge in [0.2, 0.25) is 0 Å². The molecule has 2 aromatic rings. The van der Waals surface area contributed by atoms with Crippen molar-refractivity contribution in [3.8, 4) is 17.0 Å². The second kappa shape index (κ2) is 5.97. The number of benzene rings is 1. The molecule has 4 N–H and O–H groups in total. The molecule has 0 aliphatic carbocycles. The first-order valence-electron chi connectivity index (χ1n) is 6.77. The molecule has 1 heterocycles. The van der Waals surface area contributed by atoms with E-state index in [-0.39, 0.29) is 0 Å². The summed E-state index contributed by atoms with van der Waals surface area (Å²) in [4.78, 5) is 18.7. The number of aromatic nitrogens is 2. The van der Waals surface area contributed by atoms with Crippen molar-refractivity contribution in [3.05, 3.63) is 24.4 Å². The number of H-pyrrole nitrogens is 1. The highest BCUT2D eigenvalue weighted by Gasteiger charge is 2.17. The number of imidazole rings is 1. The van der Waals surface area contributed by atoms with E-state index < -0.39 is 11.7 Å². The number of aromatic amines is 1. The fraction of sp³-hybridized carbons (Fsp3) is 0.333. The third-order valence-electron chi connectivity index (χ3n) is 2.73. The summed E-state index contributed by atoms with van der Waals surface area (Å²) in [5.74, 6) is 0.908. The van der Waals surface area contributed by atoms with Crippen LogP contribution in [0.1, 0.15) is 20.8 Å². The van der Waals surface area contributed by atoms with E-state index >= 15 is 0 Å². The Balaban J connectivity index is 2.21. The average Bonchev–Trinajstić information content (AvgIpc) is 2.82. The van der Waals surface area contributed by atoms with Crippen LogP contribution in [0.5, 0.6) is 5.75 Å². The fourth-order valence-electron chi connectivity index (χ4n) is 1.89. The number of carbonyl (C=O) groups excluding carboxylic acids is 1. The number of nitrogens with zero attached hydrogens (tertiary/aromatic N) is 1. The smallest absolute Gasteiger partial charge is 0.412 e. The van der Waals surface area contributed by atoms with Crippen LogP contribution in [0.2, 0.25) is 0 Å². The second-order valence-corrected chi connectivity index (χ2v) is 5.72. The molecule has 0 spiro atoms. The Hall–Kier alpha value is -2.70. The molecule has 1 aromatic carbocycles. The van der Waals surface area contributed by atoms with Crippen LogP contribution in [0.3, 0.4) is 0 Å². The van der Waals surface area contributed by atoms with Crippen molar-refractivity contribution in [2.24, 2.45) is 0 Å². The van der Waals surface area contributed by atoms with Crippen molar-refractivity contribution >= 4 is 17.7 Å². The van der Waals surface area contributed by atoms with E-state index in [2.05, 4.69) is 15.3 Å². The lowest BCUT2D eigenvalue weighted by atomic mass is 10.1. The molecule has 0 unspecified atom stereocenters. The molecule has 7 heteroatoms. The SMILES string of the molecule is COc1cc(NC(=O)OC(C)(C)C)ccc1-c1cnc(N)[nH]1. The quantitative estimate of drug-likeness (QED) is 0.809. The van der Waals surface area contributed by atoms with Crippen molar-refractivity contribution in [1.29, 1.82) is 0 Å². The minimum atomic E-state index is -0.554. The summed E-state index contributed by atoms with van der Waals surface area (Å²) in [5, 5.41) is 2.67. The van der Waals surface area contributed by atoms with Gasteiger partial charge in [-0.3, -0.25) is 5.32 Å². The number of nitrogen functional groups attached to an aromatic ring is 1. The zero-order valence-corrected chi connectivity index (χ0v) is 13.1. The average molecular weight is 304 g/mol. The molecule has 2 rings (SSSR count). The lowest BCUT2D eigenvalue weighted by Gasteiger charge is -2.20. The van der Waals surface area contributed by atoms with Crippen molar-refractivity contribution in [2.45, 2.75) is 26.4 Å². The number of amides is 1. The molecule has 0 aliphatic rings. The largest absolute Gasteiger partial charge is 0.496 e. The highest BCUT2D eigenvalue weighted by molar-refractivity contribution is 5.86. The summed E-state index contributed by atoms with van der Waals surface area (Å²) in [6, 6.07) is 5.26. The number of carbonyl (C=O) groups is 1. The van der Waals surface area contributed by atoms with Gasteiger partial charge in [-0.25, -0.2) is 9.78 Å². The van der Waals surface area contributed by atoms with E-state index in [1.807, 2.05) is 0 Å². The Kier molecular flexibility index (Phi) is 4.25. The zero-order chi connectivity index (χ0) is 16.3. The molecule has 0 aliphatic heterocycles. The van der Waals surface area contributed by atoms with Crippen LogP contribution >= 0.6 is 0 Å². The number of rotatable bonds is 3. The van der Waals surface area contributed by atoms with Crippen LogP contribution in [-0.2, 0) is 4.74 Å². The van der Waals surface area contributed by atoms with E-state index in [9.17, 15) is 4.79 Å². The first-order valence-corrected chi connectivity index (χ1v) is 6.77. The molecule has 0 radical (unpaired) electrons. The van der Waals surface area contributed by atoms with E-state index in [0.717, 1.165) is 11.3 Å². The number of nitrogens with two attached hydrogens (primary N) is 1. The Morgan fingerprint density at radius 1 is 1.36 bits per heavy atom. The van der Waals surface area contributed by atoms with Gasteiger partial charge in [-0.2, -0.15) is 0 Å². The summed E-state index contributed by atoms with van der Waals surface area (Å²) in [7, 11) is 1.55. The molecule has 0 saturated heterocycles. The first kappa shape index (κ1) is 15.7.